The zero-order valence-corrected chi connectivity index (χ0v) is 22.9. The van der Waals surface area contributed by atoms with Gasteiger partial charge in [-0.05, 0) is 37.1 Å². The second-order valence-corrected chi connectivity index (χ2v) is 9.91. The standard InChI is InChI=1S/C23H39N5O2S.HI/c1-18-17-28(11-12-30-18)20(21-10-7-13-31-21)15-25-23(26-16-22(29)27(2)3)24-14-19-8-5-4-6-9-19;/h7,10,13,18-20H,4-6,8-9,11-12,14-17H2,1-3H3,(H2,24,25,26);1H. The van der Waals surface area contributed by atoms with Crippen molar-refractivity contribution >= 4 is 47.2 Å². The molecule has 0 bridgehead atoms. The molecule has 2 N–H and O–H groups in total. The second kappa shape index (κ2) is 14.4. The molecule has 2 unspecified atom stereocenters. The molecule has 0 aromatic carbocycles. The number of guanidine groups is 1. The van der Waals surface area contributed by atoms with Crippen LogP contribution in [-0.4, -0.2) is 81.2 Å². The first-order chi connectivity index (χ1) is 15.0. The number of ether oxygens (including phenoxy) is 1. The number of amides is 1. The third-order valence-electron chi connectivity index (χ3n) is 6.20. The summed E-state index contributed by atoms with van der Waals surface area (Å²) in [4.78, 5) is 22.1. The molecule has 1 aliphatic heterocycles. The summed E-state index contributed by atoms with van der Waals surface area (Å²) in [6.07, 6.45) is 6.79. The molecule has 2 atom stereocenters. The third-order valence-corrected chi connectivity index (χ3v) is 7.18. The van der Waals surface area contributed by atoms with E-state index in [1.807, 2.05) is 0 Å². The van der Waals surface area contributed by atoms with Crippen molar-refractivity contribution < 1.29 is 9.53 Å². The number of carbonyl (C=O) groups is 1. The molecule has 182 valence electrons. The molecule has 32 heavy (non-hydrogen) atoms. The maximum atomic E-state index is 12.1. The van der Waals surface area contributed by atoms with Crippen LogP contribution in [0.15, 0.2) is 22.5 Å². The average molecular weight is 578 g/mol. The predicted octanol–water partition coefficient (Wildman–Crippen LogP) is 3.33. The van der Waals surface area contributed by atoms with Crippen molar-refractivity contribution in [2.75, 3.05) is 53.4 Å². The molecular weight excluding hydrogens is 537 g/mol. The zero-order valence-electron chi connectivity index (χ0n) is 19.7. The van der Waals surface area contributed by atoms with Crippen LogP contribution in [0.25, 0.3) is 0 Å². The van der Waals surface area contributed by atoms with Crippen molar-refractivity contribution in [3.8, 4) is 0 Å². The maximum absolute atomic E-state index is 12.1. The minimum atomic E-state index is 0. The molecule has 2 aliphatic rings. The van der Waals surface area contributed by atoms with Crippen molar-refractivity contribution in [1.29, 1.82) is 0 Å². The molecule has 2 heterocycles. The average Bonchev–Trinajstić information content (AvgIpc) is 3.30. The fourth-order valence-electron chi connectivity index (χ4n) is 4.31. The Morgan fingerprint density at radius 1 is 1.31 bits per heavy atom. The molecule has 1 amide bonds. The summed E-state index contributed by atoms with van der Waals surface area (Å²) < 4.78 is 5.76. The summed E-state index contributed by atoms with van der Waals surface area (Å²) in [5.74, 6) is 1.44. The van der Waals surface area contributed by atoms with Gasteiger partial charge in [-0.15, -0.1) is 35.3 Å². The van der Waals surface area contributed by atoms with Gasteiger partial charge in [0.05, 0.1) is 18.8 Å². The van der Waals surface area contributed by atoms with E-state index in [1.165, 1.54) is 37.0 Å². The van der Waals surface area contributed by atoms with Crippen LogP contribution in [0, 0.1) is 5.92 Å². The van der Waals surface area contributed by atoms with Gasteiger partial charge in [0.2, 0.25) is 5.91 Å². The minimum absolute atomic E-state index is 0. The van der Waals surface area contributed by atoms with Gasteiger partial charge in [-0.3, -0.25) is 9.69 Å². The number of carbonyl (C=O) groups excluding carboxylic acids is 1. The normalized spacial score (nSPS) is 21.5. The number of rotatable bonds is 8. The minimum Gasteiger partial charge on any atom is -0.376 e. The topological polar surface area (TPSA) is 69.2 Å². The van der Waals surface area contributed by atoms with Crippen LogP contribution in [0.4, 0.5) is 0 Å². The number of halogens is 1. The lowest BCUT2D eigenvalue weighted by Gasteiger charge is -2.37. The van der Waals surface area contributed by atoms with Gasteiger partial charge in [0.25, 0.3) is 0 Å². The van der Waals surface area contributed by atoms with E-state index in [1.54, 1.807) is 30.3 Å². The monoisotopic (exact) mass is 577 g/mol. The van der Waals surface area contributed by atoms with Crippen LogP contribution in [0.3, 0.4) is 0 Å². The van der Waals surface area contributed by atoms with Gasteiger partial charge >= 0.3 is 0 Å². The Morgan fingerprint density at radius 3 is 2.75 bits per heavy atom. The third kappa shape index (κ3) is 8.79. The predicted molar refractivity (Wildman–Crippen MR) is 143 cm³/mol. The van der Waals surface area contributed by atoms with Crippen LogP contribution in [0.5, 0.6) is 0 Å². The largest absolute Gasteiger partial charge is 0.376 e. The second-order valence-electron chi connectivity index (χ2n) is 8.93. The van der Waals surface area contributed by atoms with Crippen molar-refractivity contribution in [2.45, 2.75) is 51.2 Å². The van der Waals surface area contributed by atoms with E-state index in [2.05, 4.69) is 45.0 Å². The van der Waals surface area contributed by atoms with Crippen LogP contribution in [-0.2, 0) is 9.53 Å². The Labute approximate surface area is 214 Å². The molecule has 0 radical (unpaired) electrons. The Morgan fingerprint density at radius 2 is 2.09 bits per heavy atom. The highest BCUT2D eigenvalue weighted by Gasteiger charge is 2.26. The van der Waals surface area contributed by atoms with Crippen LogP contribution >= 0.6 is 35.3 Å². The lowest BCUT2D eigenvalue weighted by atomic mass is 9.89. The zero-order chi connectivity index (χ0) is 22.1. The number of aliphatic imine (C=N–C) groups is 1. The highest BCUT2D eigenvalue weighted by Crippen LogP contribution is 2.26. The van der Waals surface area contributed by atoms with E-state index >= 15 is 0 Å². The van der Waals surface area contributed by atoms with Gasteiger partial charge in [-0.1, -0.05) is 25.3 Å². The number of hydrogen-bond acceptors (Lipinski definition) is 5. The molecule has 7 nitrogen and oxygen atoms in total. The Kier molecular flexibility index (Phi) is 12.3. The smallest absolute Gasteiger partial charge is 0.243 e. The molecule has 1 saturated heterocycles. The Balaban J connectivity index is 0.00000363. The van der Waals surface area contributed by atoms with Crippen LogP contribution in [0.1, 0.15) is 49.9 Å². The highest BCUT2D eigenvalue weighted by atomic mass is 127. The van der Waals surface area contributed by atoms with E-state index in [0.717, 1.165) is 38.7 Å². The summed E-state index contributed by atoms with van der Waals surface area (Å²) in [6, 6.07) is 4.58. The summed E-state index contributed by atoms with van der Waals surface area (Å²) in [7, 11) is 3.54. The fourth-order valence-corrected chi connectivity index (χ4v) is 5.17. The number of nitrogens with zero attached hydrogens (tertiary/aromatic N) is 3. The molecule has 1 saturated carbocycles. The first-order valence-electron chi connectivity index (χ1n) is 11.6. The lowest BCUT2D eigenvalue weighted by molar-refractivity contribution is -0.127. The first kappa shape index (κ1) is 27.3. The van der Waals surface area contributed by atoms with Crippen LogP contribution in [0.2, 0.25) is 0 Å². The number of hydrogen-bond donors (Lipinski definition) is 2. The quantitative estimate of drug-likeness (QED) is 0.282. The first-order valence-corrected chi connectivity index (χ1v) is 12.5. The van der Waals surface area contributed by atoms with Crippen molar-refractivity contribution in [1.82, 2.24) is 20.4 Å². The molecule has 0 spiro atoms. The molecule has 1 aromatic heterocycles. The molecule has 9 heteroatoms. The Bertz CT molecular complexity index is 695. The molecule has 2 fully saturated rings. The fraction of sp³-hybridized carbons (Fsp3) is 0.739. The van der Waals surface area contributed by atoms with Gasteiger partial charge in [0.15, 0.2) is 5.96 Å². The van der Waals surface area contributed by atoms with E-state index in [-0.39, 0.29) is 48.6 Å². The summed E-state index contributed by atoms with van der Waals surface area (Å²) in [6.45, 7) is 6.57. The summed E-state index contributed by atoms with van der Waals surface area (Å²) in [5, 5.41) is 9.21. The van der Waals surface area contributed by atoms with Gasteiger partial charge in [0, 0.05) is 45.2 Å². The van der Waals surface area contributed by atoms with Gasteiger partial charge in [0.1, 0.15) is 6.54 Å². The molecule has 1 aliphatic carbocycles. The summed E-state index contributed by atoms with van der Waals surface area (Å²) in [5.41, 5.74) is 0. The molecule has 1 aromatic rings. The van der Waals surface area contributed by atoms with E-state index in [4.69, 9.17) is 4.74 Å². The van der Waals surface area contributed by atoms with Crippen molar-refractivity contribution in [3.63, 3.8) is 0 Å². The van der Waals surface area contributed by atoms with Crippen molar-refractivity contribution in [2.24, 2.45) is 10.9 Å². The number of morpholine rings is 1. The highest BCUT2D eigenvalue weighted by molar-refractivity contribution is 14.0. The summed E-state index contributed by atoms with van der Waals surface area (Å²) >= 11 is 1.79. The Hall–Kier alpha value is -0.910. The van der Waals surface area contributed by atoms with Gasteiger partial charge in [-0.2, -0.15) is 0 Å². The number of likely N-dealkylation sites (N-methyl/N-ethyl adjacent to an activating group) is 1. The number of thiophene rings is 1. The van der Waals surface area contributed by atoms with Gasteiger partial charge in [-0.25, -0.2) is 4.99 Å². The molecule has 3 rings (SSSR count). The van der Waals surface area contributed by atoms with Crippen molar-refractivity contribution in [3.05, 3.63) is 22.4 Å². The molecular formula is C23H40IN5O2S. The van der Waals surface area contributed by atoms with Crippen LogP contribution < -0.4 is 10.6 Å². The van der Waals surface area contributed by atoms with E-state index < -0.39 is 0 Å². The lowest BCUT2D eigenvalue weighted by Crippen LogP contribution is -2.48. The van der Waals surface area contributed by atoms with E-state index in [0.29, 0.717) is 5.92 Å². The maximum Gasteiger partial charge on any atom is 0.243 e. The van der Waals surface area contributed by atoms with E-state index in [9.17, 15) is 4.79 Å². The van der Waals surface area contributed by atoms with Gasteiger partial charge < -0.3 is 20.3 Å². The SMILES string of the molecule is CC1CN(C(CNC(=NCC(=O)N(C)C)NCC2CCCCC2)c2cccs2)CCO1.I. The number of nitrogens with one attached hydrogen (secondary N) is 2.